The highest BCUT2D eigenvalue weighted by atomic mass is 32.1. The van der Waals surface area contributed by atoms with Gasteiger partial charge in [0.25, 0.3) is 0 Å². The van der Waals surface area contributed by atoms with Gasteiger partial charge in [-0.15, -0.1) is 0 Å². The first-order valence-corrected chi connectivity index (χ1v) is 7.18. The molecule has 2 atom stereocenters. The molecule has 2 rings (SSSR count). The van der Waals surface area contributed by atoms with E-state index in [0.29, 0.717) is 0 Å². The van der Waals surface area contributed by atoms with Crippen LogP contribution in [0.15, 0.2) is 0 Å². The van der Waals surface area contributed by atoms with E-state index >= 15 is 0 Å². The van der Waals surface area contributed by atoms with Crippen LogP contribution in [0.4, 0.5) is 0 Å². The van der Waals surface area contributed by atoms with E-state index in [1.165, 1.54) is 45.2 Å². The first-order valence-electron chi connectivity index (χ1n) is 6.73. The van der Waals surface area contributed by atoms with Crippen molar-refractivity contribution in [3.05, 3.63) is 0 Å². The predicted molar refractivity (Wildman–Crippen MR) is 71.8 cm³/mol. The first-order chi connectivity index (χ1) is 7.92. The highest BCUT2D eigenvalue weighted by Gasteiger charge is 2.29. The molecular weight excluding hydrogens is 218 g/mol. The van der Waals surface area contributed by atoms with Crippen LogP contribution in [0.5, 0.6) is 0 Å². The highest BCUT2D eigenvalue weighted by molar-refractivity contribution is 7.78. The molecule has 0 radical (unpaired) electrons. The van der Waals surface area contributed by atoms with Gasteiger partial charge in [-0.25, -0.2) is 0 Å². The molecule has 0 aromatic heterocycles. The van der Waals surface area contributed by atoms with Gasteiger partial charge in [0.1, 0.15) is 0 Å². The standard InChI is InChI=1S/C12H25N3S/c16-14-10-11-4-2-1-3-5-12(11)15-8-6-13-7-9-15/h11-14,16H,1-10H2. The lowest BCUT2D eigenvalue weighted by atomic mass is 9.93. The number of thiol groups is 1. The van der Waals surface area contributed by atoms with E-state index in [1.807, 2.05) is 0 Å². The Labute approximate surface area is 105 Å². The number of nitrogens with zero attached hydrogens (tertiary/aromatic N) is 1. The van der Waals surface area contributed by atoms with Crippen LogP contribution in [-0.2, 0) is 0 Å². The van der Waals surface area contributed by atoms with Crippen molar-refractivity contribution in [2.24, 2.45) is 5.92 Å². The van der Waals surface area contributed by atoms with E-state index in [2.05, 4.69) is 27.8 Å². The molecule has 0 spiro atoms. The Kier molecular flexibility index (Phi) is 5.42. The van der Waals surface area contributed by atoms with E-state index in [-0.39, 0.29) is 0 Å². The second kappa shape index (κ2) is 6.84. The molecule has 3 nitrogen and oxygen atoms in total. The van der Waals surface area contributed by atoms with Gasteiger partial charge in [-0.2, -0.15) is 0 Å². The van der Waals surface area contributed by atoms with Gasteiger partial charge in [-0.05, 0) is 18.8 Å². The van der Waals surface area contributed by atoms with E-state index in [1.54, 1.807) is 0 Å². The second-order valence-electron chi connectivity index (χ2n) is 5.11. The van der Waals surface area contributed by atoms with E-state index < -0.39 is 0 Å². The Hall–Kier alpha value is 0.230. The van der Waals surface area contributed by atoms with Crippen molar-refractivity contribution in [2.75, 3.05) is 32.7 Å². The van der Waals surface area contributed by atoms with Gasteiger partial charge in [-0.3, -0.25) is 9.62 Å². The minimum absolute atomic E-state index is 0.796. The maximum atomic E-state index is 4.19. The zero-order valence-electron chi connectivity index (χ0n) is 10.1. The van der Waals surface area contributed by atoms with Gasteiger partial charge < -0.3 is 5.32 Å². The van der Waals surface area contributed by atoms with Crippen molar-refractivity contribution in [1.29, 1.82) is 0 Å². The van der Waals surface area contributed by atoms with Crippen LogP contribution in [0.25, 0.3) is 0 Å². The summed E-state index contributed by atoms with van der Waals surface area (Å²) in [6, 6.07) is 0.796. The summed E-state index contributed by atoms with van der Waals surface area (Å²) in [5, 5.41) is 3.44. The molecule has 1 saturated heterocycles. The Morgan fingerprint density at radius 2 is 1.88 bits per heavy atom. The van der Waals surface area contributed by atoms with Gasteiger partial charge >= 0.3 is 0 Å². The number of hydrogen-bond donors (Lipinski definition) is 3. The lowest BCUT2D eigenvalue weighted by Crippen LogP contribution is -2.51. The number of piperazine rings is 1. The molecule has 0 amide bonds. The molecule has 16 heavy (non-hydrogen) atoms. The summed E-state index contributed by atoms with van der Waals surface area (Å²) >= 11 is 4.19. The zero-order valence-corrected chi connectivity index (χ0v) is 11.0. The fraction of sp³-hybridized carbons (Fsp3) is 1.00. The summed E-state index contributed by atoms with van der Waals surface area (Å²) in [6.07, 6.45) is 7.01. The molecule has 2 fully saturated rings. The van der Waals surface area contributed by atoms with Crippen LogP contribution in [0.1, 0.15) is 32.1 Å². The minimum Gasteiger partial charge on any atom is -0.314 e. The molecule has 0 aromatic rings. The van der Waals surface area contributed by atoms with Gasteiger partial charge in [0.05, 0.1) is 0 Å². The molecule has 0 aromatic carbocycles. The average Bonchev–Trinajstić information content (AvgIpc) is 2.56. The molecule has 94 valence electrons. The summed E-state index contributed by atoms with van der Waals surface area (Å²) < 4.78 is 3.09. The van der Waals surface area contributed by atoms with Crippen LogP contribution in [-0.4, -0.2) is 43.7 Å². The third-order valence-electron chi connectivity index (χ3n) is 4.09. The number of hydrogen-bond acceptors (Lipinski definition) is 4. The van der Waals surface area contributed by atoms with Crippen LogP contribution in [0, 0.1) is 5.92 Å². The lowest BCUT2D eigenvalue weighted by molar-refractivity contribution is 0.118. The van der Waals surface area contributed by atoms with Crippen LogP contribution in [0.2, 0.25) is 0 Å². The molecule has 2 N–H and O–H groups in total. The topological polar surface area (TPSA) is 27.3 Å². The normalized spacial score (nSPS) is 33.6. The summed E-state index contributed by atoms with van der Waals surface area (Å²) in [7, 11) is 0. The summed E-state index contributed by atoms with van der Waals surface area (Å²) in [6.45, 7) is 5.86. The molecule has 1 saturated carbocycles. The lowest BCUT2D eigenvalue weighted by Gasteiger charge is -2.38. The van der Waals surface area contributed by atoms with Crippen LogP contribution < -0.4 is 10.0 Å². The van der Waals surface area contributed by atoms with Gasteiger partial charge in [0.2, 0.25) is 0 Å². The fourth-order valence-electron chi connectivity index (χ4n) is 3.21. The number of rotatable bonds is 3. The Bertz CT molecular complexity index is 195. The Morgan fingerprint density at radius 3 is 2.62 bits per heavy atom. The molecule has 1 heterocycles. The van der Waals surface area contributed by atoms with Gasteiger partial charge in [0.15, 0.2) is 0 Å². The SMILES string of the molecule is SNCC1CCCCCC1N1CCNCC1. The quantitative estimate of drug-likeness (QED) is 0.515. The molecule has 0 bridgehead atoms. The second-order valence-corrected chi connectivity index (χ2v) is 5.43. The van der Waals surface area contributed by atoms with Crippen LogP contribution in [0.3, 0.4) is 0 Å². The van der Waals surface area contributed by atoms with Gasteiger partial charge in [-0.1, -0.05) is 32.1 Å². The van der Waals surface area contributed by atoms with E-state index in [0.717, 1.165) is 31.6 Å². The third kappa shape index (κ3) is 3.36. The highest BCUT2D eigenvalue weighted by Crippen LogP contribution is 2.27. The summed E-state index contributed by atoms with van der Waals surface area (Å²) in [5.74, 6) is 0.804. The minimum atomic E-state index is 0.796. The van der Waals surface area contributed by atoms with E-state index in [4.69, 9.17) is 0 Å². The van der Waals surface area contributed by atoms with Gasteiger partial charge in [0, 0.05) is 38.8 Å². The van der Waals surface area contributed by atoms with E-state index in [9.17, 15) is 0 Å². The smallest absolute Gasteiger partial charge is 0.0137 e. The van der Waals surface area contributed by atoms with Crippen molar-refractivity contribution in [2.45, 2.75) is 38.1 Å². The third-order valence-corrected chi connectivity index (χ3v) is 4.28. The van der Waals surface area contributed by atoms with Crippen molar-refractivity contribution in [3.63, 3.8) is 0 Å². The molecule has 1 aliphatic heterocycles. The predicted octanol–water partition coefficient (Wildman–Crippen LogP) is 1.27. The molecule has 2 unspecified atom stereocenters. The molecule has 1 aliphatic carbocycles. The summed E-state index contributed by atoms with van der Waals surface area (Å²) in [4.78, 5) is 2.71. The maximum Gasteiger partial charge on any atom is 0.0137 e. The largest absolute Gasteiger partial charge is 0.314 e. The van der Waals surface area contributed by atoms with Crippen molar-refractivity contribution in [3.8, 4) is 0 Å². The van der Waals surface area contributed by atoms with Crippen molar-refractivity contribution >= 4 is 12.8 Å². The Morgan fingerprint density at radius 1 is 1.12 bits per heavy atom. The van der Waals surface area contributed by atoms with Crippen molar-refractivity contribution in [1.82, 2.24) is 14.9 Å². The molecular formula is C12H25N3S. The molecule has 4 heteroatoms. The monoisotopic (exact) mass is 243 g/mol. The fourth-order valence-corrected chi connectivity index (χ4v) is 3.45. The van der Waals surface area contributed by atoms with Crippen molar-refractivity contribution < 1.29 is 0 Å². The van der Waals surface area contributed by atoms with Crippen LogP contribution >= 0.6 is 12.8 Å². The summed E-state index contributed by atoms with van der Waals surface area (Å²) in [5.41, 5.74) is 0. The number of nitrogens with one attached hydrogen (secondary N) is 2. The zero-order chi connectivity index (χ0) is 11.2. The molecule has 2 aliphatic rings. The maximum absolute atomic E-state index is 4.19. The Balaban J connectivity index is 1.94. The first kappa shape index (κ1) is 12.7. The average molecular weight is 243 g/mol.